The molecule has 132 valence electrons. The Hall–Kier alpha value is -2.29. The molecule has 0 saturated carbocycles. The van der Waals surface area contributed by atoms with E-state index in [1.165, 1.54) is 11.1 Å². The van der Waals surface area contributed by atoms with Gasteiger partial charge in [0.1, 0.15) is 11.9 Å². The highest BCUT2D eigenvalue weighted by Gasteiger charge is 2.35. The molecule has 0 aromatic heterocycles. The monoisotopic (exact) mass is 363 g/mol. The Morgan fingerprint density at radius 3 is 1.96 bits per heavy atom. The Kier molecular flexibility index (Phi) is 4.96. The largest absolute Gasteiger partial charge is 0.486 e. The van der Waals surface area contributed by atoms with E-state index in [2.05, 4.69) is 65.6 Å². The van der Waals surface area contributed by atoms with Gasteiger partial charge in [-0.05, 0) is 29.7 Å². The molecule has 3 heteroatoms. The van der Waals surface area contributed by atoms with Crippen LogP contribution in [0.4, 0.5) is 0 Å². The lowest BCUT2D eigenvalue weighted by molar-refractivity contribution is -0.0000116. The van der Waals surface area contributed by atoms with Gasteiger partial charge in [-0.15, -0.1) is 0 Å². The van der Waals surface area contributed by atoms with Crippen molar-refractivity contribution in [2.75, 3.05) is 13.1 Å². The summed E-state index contributed by atoms with van der Waals surface area (Å²) < 4.78 is 6.19. The predicted molar refractivity (Wildman–Crippen MR) is 107 cm³/mol. The molecule has 2 nitrogen and oxygen atoms in total. The summed E-state index contributed by atoms with van der Waals surface area (Å²) in [5, 5.41) is 0.686. The van der Waals surface area contributed by atoms with E-state index in [1.54, 1.807) is 0 Å². The van der Waals surface area contributed by atoms with Crippen LogP contribution in [0.5, 0.6) is 5.75 Å². The number of likely N-dealkylation sites (tertiary alicyclic amines) is 1. The van der Waals surface area contributed by atoms with Crippen LogP contribution in [0.25, 0.3) is 0 Å². The molecule has 1 saturated heterocycles. The summed E-state index contributed by atoms with van der Waals surface area (Å²) in [6.07, 6.45) is 0.170. The van der Waals surface area contributed by atoms with E-state index in [-0.39, 0.29) is 12.1 Å². The van der Waals surface area contributed by atoms with E-state index in [0.29, 0.717) is 5.02 Å². The van der Waals surface area contributed by atoms with Gasteiger partial charge in [0.15, 0.2) is 0 Å². The predicted octanol–water partition coefficient (Wildman–Crippen LogP) is 5.50. The van der Waals surface area contributed by atoms with Gasteiger partial charge in [-0.2, -0.15) is 0 Å². The molecule has 0 aliphatic carbocycles. The summed E-state index contributed by atoms with van der Waals surface area (Å²) >= 11 is 6.31. The number of benzene rings is 3. The number of nitrogens with zero attached hydrogens (tertiary/aromatic N) is 1. The molecule has 0 radical (unpaired) electrons. The molecule has 3 aromatic carbocycles. The van der Waals surface area contributed by atoms with Crippen molar-refractivity contribution in [2.24, 2.45) is 0 Å². The van der Waals surface area contributed by atoms with Crippen molar-refractivity contribution < 1.29 is 4.74 Å². The highest BCUT2D eigenvalue weighted by atomic mass is 35.5. The van der Waals surface area contributed by atoms with Gasteiger partial charge in [0.25, 0.3) is 0 Å². The van der Waals surface area contributed by atoms with Gasteiger partial charge in [-0.1, -0.05) is 84.4 Å². The maximum Gasteiger partial charge on any atom is 0.141 e. The molecule has 0 unspecified atom stereocenters. The topological polar surface area (TPSA) is 12.5 Å². The minimum Gasteiger partial charge on any atom is -0.486 e. The normalized spacial score (nSPS) is 15.0. The molecule has 0 N–H and O–H groups in total. The second-order valence-electron chi connectivity index (χ2n) is 6.80. The Balaban J connectivity index is 1.51. The van der Waals surface area contributed by atoms with E-state index in [4.69, 9.17) is 16.3 Å². The van der Waals surface area contributed by atoms with Gasteiger partial charge in [0, 0.05) is 13.1 Å². The number of hydrogen-bond donors (Lipinski definition) is 0. The Bertz CT molecular complexity index is 800. The number of rotatable bonds is 5. The second-order valence-corrected chi connectivity index (χ2v) is 7.21. The molecule has 1 heterocycles. The van der Waals surface area contributed by atoms with Crippen molar-refractivity contribution in [1.82, 2.24) is 4.90 Å². The van der Waals surface area contributed by atoms with Gasteiger partial charge >= 0.3 is 0 Å². The van der Waals surface area contributed by atoms with E-state index < -0.39 is 0 Å². The van der Waals surface area contributed by atoms with Gasteiger partial charge in [0.05, 0.1) is 11.1 Å². The van der Waals surface area contributed by atoms with Crippen molar-refractivity contribution in [3.63, 3.8) is 0 Å². The average molecular weight is 364 g/mol. The molecule has 3 aromatic rings. The van der Waals surface area contributed by atoms with E-state index in [9.17, 15) is 0 Å². The zero-order chi connectivity index (χ0) is 17.9. The minimum atomic E-state index is 0.170. The van der Waals surface area contributed by atoms with Crippen LogP contribution >= 0.6 is 11.6 Å². The zero-order valence-corrected chi connectivity index (χ0v) is 15.6. The smallest absolute Gasteiger partial charge is 0.141 e. The Morgan fingerprint density at radius 2 is 1.42 bits per heavy atom. The molecule has 1 aliphatic rings. The summed E-state index contributed by atoms with van der Waals surface area (Å²) in [4.78, 5) is 2.46. The van der Waals surface area contributed by atoms with Crippen LogP contribution in [0.2, 0.25) is 5.02 Å². The van der Waals surface area contributed by atoms with E-state index >= 15 is 0 Å². The van der Waals surface area contributed by atoms with Crippen LogP contribution in [0.1, 0.15) is 22.7 Å². The summed E-state index contributed by atoms with van der Waals surface area (Å²) in [6, 6.07) is 27.5. The molecule has 1 fully saturated rings. The Labute approximate surface area is 160 Å². The number of para-hydroxylation sites is 1. The van der Waals surface area contributed by atoms with Gasteiger partial charge in [-0.25, -0.2) is 0 Å². The summed E-state index contributed by atoms with van der Waals surface area (Å²) in [6.45, 7) is 3.81. The highest BCUT2D eigenvalue weighted by Crippen LogP contribution is 2.35. The van der Waals surface area contributed by atoms with Crippen molar-refractivity contribution >= 4 is 11.6 Å². The maximum atomic E-state index is 6.31. The summed E-state index contributed by atoms with van der Waals surface area (Å²) in [7, 11) is 0. The van der Waals surface area contributed by atoms with Crippen LogP contribution in [0, 0.1) is 6.92 Å². The van der Waals surface area contributed by atoms with Crippen molar-refractivity contribution in [3.05, 3.63) is 101 Å². The lowest BCUT2D eigenvalue weighted by Gasteiger charge is -2.44. The molecular weight excluding hydrogens is 342 g/mol. The SMILES string of the molecule is Cc1cccc(Cl)c1OC1CN(C(c2ccccc2)c2ccccc2)C1. The van der Waals surface area contributed by atoms with Crippen LogP contribution in [-0.2, 0) is 0 Å². The van der Waals surface area contributed by atoms with Crippen molar-refractivity contribution in [1.29, 1.82) is 0 Å². The van der Waals surface area contributed by atoms with Gasteiger partial charge in [0.2, 0.25) is 0 Å². The fourth-order valence-electron chi connectivity index (χ4n) is 3.57. The molecule has 0 amide bonds. The lowest BCUT2D eigenvalue weighted by atomic mass is 9.94. The minimum absolute atomic E-state index is 0.170. The first kappa shape index (κ1) is 17.1. The molecule has 0 bridgehead atoms. The third kappa shape index (κ3) is 3.48. The fourth-order valence-corrected chi connectivity index (χ4v) is 3.84. The maximum absolute atomic E-state index is 6.31. The molecule has 26 heavy (non-hydrogen) atoms. The fraction of sp³-hybridized carbons (Fsp3) is 0.217. The summed E-state index contributed by atoms with van der Waals surface area (Å²) in [5.41, 5.74) is 3.70. The number of hydrogen-bond acceptors (Lipinski definition) is 2. The van der Waals surface area contributed by atoms with E-state index in [0.717, 1.165) is 24.4 Å². The third-order valence-electron chi connectivity index (χ3n) is 4.92. The molecule has 0 atom stereocenters. The first-order valence-electron chi connectivity index (χ1n) is 8.98. The highest BCUT2D eigenvalue weighted by molar-refractivity contribution is 6.32. The van der Waals surface area contributed by atoms with Gasteiger partial charge < -0.3 is 4.74 Å². The number of ether oxygens (including phenoxy) is 1. The zero-order valence-electron chi connectivity index (χ0n) is 14.8. The van der Waals surface area contributed by atoms with Crippen molar-refractivity contribution in [3.8, 4) is 5.75 Å². The Morgan fingerprint density at radius 1 is 0.846 bits per heavy atom. The van der Waals surface area contributed by atoms with Gasteiger partial charge in [-0.3, -0.25) is 4.90 Å². The standard InChI is InChI=1S/C23H22ClNO/c1-17-9-8-14-21(24)23(17)26-20-15-25(16-20)22(18-10-4-2-5-11-18)19-12-6-3-7-13-19/h2-14,20,22H,15-16H2,1H3. The lowest BCUT2D eigenvalue weighted by Crippen LogP contribution is -2.55. The van der Waals surface area contributed by atoms with Crippen molar-refractivity contribution in [2.45, 2.75) is 19.1 Å². The molecule has 0 spiro atoms. The summed E-state index contributed by atoms with van der Waals surface area (Å²) in [5.74, 6) is 0.815. The van der Waals surface area contributed by atoms with Crippen LogP contribution in [0.3, 0.4) is 0 Å². The van der Waals surface area contributed by atoms with Crippen LogP contribution in [-0.4, -0.2) is 24.1 Å². The van der Waals surface area contributed by atoms with E-state index in [1.807, 2.05) is 25.1 Å². The first-order chi connectivity index (χ1) is 12.7. The number of halogens is 1. The average Bonchev–Trinajstić information content (AvgIpc) is 2.64. The quantitative estimate of drug-likeness (QED) is 0.593. The van der Waals surface area contributed by atoms with Crippen LogP contribution in [0.15, 0.2) is 78.9 Å². The first-order valence-corrected chi connectivity index (χ1v) is 9.36. The molecule has 4 rings (SSSR count). The third-order valence-corrected chi connectivity index (χ3v) is 5.22. The number of aryl methyl sites for hydroxylation is 1. The second kappa shape index (κ2) is 7.53. The molecular formula is C23H22ClNO. The molecule has 1 aliphatic heterocycles. The van der Waals surface area contributed by atoms with Crippen LogP contribution < -0.4 is 4.74 Å².